The molecule has 8 heteroatoms. The minimum atomic E-state index is -0.379. The molecule has 0 bridgehead atoms. The SMILES string of the molecule is CCOc1ccc(C(=O)NCC(=O)NCc2cccc(NC(=O)C3CCCC3)c2)cc1OCC. The fraction of sp³-hybridized carbons (Fsp3) is 0.423. The Morgan fingerprint density at radius 3 is 2.38 bits per heavy atom. The Labute approximate surface area is 200 Å². The van der Waals surface area contributed by atoms with Gasteiger partial charge in [-0.1, -0.05) is 25.0 Å². The van der Waals surface area contributed by atoms with Gasteiger partial charge in [-0.25, -0.2) is 0 Å². The fourth-order valence-corrected chi connectivity index (χ4v) is 3.91. The number of amides is 3. The Kier molecular flexibility index (Phi) is 9.31. The lowest BCUT2D eigenvalue weighted by atomic mass is 10.1. The third-order valence-corrected chi connectivity index (χ3v) is 5.63. The lowest BCUT2D eigenvalue weighted by molar-refractivity contribution is -0.120. The third-order valence-electron chi connectivity index (χ3n) is 5.63. The Morgan fingerprint density at radius 1 is 0.912 bits per heavy atom. The minimum absolute atomic E-state index is 0.0585. The van der Waals surface area contributed by atoms with Crippen molar-refractivity contribution >= 4 is 23.4 Å². The molecule has 0 heterocycles. The highest BCUT2D eigenvalue weighted by Gasteiger charge is 2.22. The summed E-state index contributed by atoms with van der Waals surface area (Å²) in [6.07, 6.45) is 4.09. The molecule has 1 saturated carbocycles. The number of rotatable bonds is 11. The van der Waals surface area contributed by atoms with E-state index in [0.717, 1.165) is 36.9 Å². The number of carbonyl (C=O) groups excluding carboxylic acids is 3. The van der Waals surface area contributed by atoms with E-state index < -0.39 is 0 Å². The van der Waals surface area contributed by atoms with Crippen LogP contribution in [0, 0.1) is 5.92 Å². The van der Waals surface area contributed by atoms with Gasteiger partial charge in [0.05, 0.1) is 19.8 Å². The molecule has 2 aromatic carbocycles. The molecule has 0 unspecified atom stereocenters. The minimum Gasteiger partial charge on any atom is -0.490 e. The zero-order chi connectivity index (χ0) is 24.3. The van der Waals surface area contributed by atoms with Crippen molar-refractivity contribution in [2.45, 2.75) is 46.1 Å². The molecule has 0 aromatic heterocycles. The van der Waals surface area contributed by atoms with Crippen LogP contribution in [-0.4, -0.2) is 37.5 Å². The van der Waals surface area contributed by atoms with Gasteiger partial charge in [-0.3, -0.25) is 14.4 Å². The molecule has 0 radical (unpaired) electrons. The van der Waals surface area contributed by atoms with Crippen LogP contribution in [0.5, 0.6) is 11.5 Å². The highest BCUT2D eigenvalue weighted by atomic mass is 16.5. The van der Waals surface area contributed by atoms with Gasteiger partial charge in [0.15, 0.2) is 11.5 Å². The zero-order valence-electron chi connectivity index (χ0n) is 19.8. The topological polar surface area (TPSA) is 106 Å². The molecule has 182 valence electrons. The first-order valence-corrected chi connectivity index (χ1v) is 11.8. The summed E-state index contributed by atoms with van der Waals surface area (Å²) in [6.45, 7) is 4.79. The Hall–Kier alpha value is -3.55. The molecule has 34 heavy (non-hydrogen) atoms. The normalized spacial score (nSPS) is 13.2. The van der Waals surface area contributed by atoms with Crippen molar-refractivity contribution in [2.24, 2.45) is 5.92 Å². The maximum atomic E-state index is 12.5. The number of benzene rings is 2. The highest BCUT2D eigenvalue weighted by molar-refractivity contribution is 5.97. The second-order valence-electron chi connectivity index (χ2n) is 8.16. The number of hydrogen-bond acceptors (Lipinski definition) is 5. The van der Waals surface area contributed by atoms with Crippen LogP contribution in [0.15, 0.2) is 42.5 Å². The van der Waals surface area contributed by atoms with E-state index in [1.165, 1.54) is 0 Å². The lowest BCUT2D eigenvalue weighted by Crippen LogP contribution is -2.36. The second kappa shape index (κ2) is 12.6. The van der Waals surface area contributed by atoms with E-state index in [9.17, 15) is 14.4 Å². The number of carbonyl (C=O) groups is 3. The predicted molar refractivity (Wildman–Crippen MR) is 130 cm³/mol. The quantitative estimate of drug-likeness (QED) is 0.468. The number of nitrogens with one attached hydrogen (secondary N) is 3. The van der Waals surface area contributed by atoms with Crippen molar-refractivity contribution in [1.82, 2.24) is 10.6 Å². The van der Waals surface area contributed by atoms with Crippen LogP contribution in [0.1, 0.15) is 55.5 Å². The Bertz CT molecular complexity index is 1000. The zero-order valence-corrected chi connectivity index (χ0v) is 19.8. The van der Waals surface area contributed by atoms with E-state index in [1.807, 2.05) is 38.1 Å². The molecular formula is C26H33N3O5. The molecule has 1 fully saturated rings. The van der Waals surface area contributed by atoms with Gasteiger partial charge >= 0.3 is 0 Å². The summed E-state index contributed by atoms with van der Waals surface area (Å²) in [7, 11) is 0. The largest absolute Gasteiger partial charge is 0.490 e. The first kappa shape index (κ1) is 25.1. The molecule has 0 saturated heterocycles. The molecule has 2 aromatic rings. The van der Waals surface area contributed by atoms with E-state index in [-0.39, 0.29) is 30.2 Å². The van der Waals surface area contributed by atoms with Crippen LogP contribution in [0.25, 0.3) is 0 Å². The summed E-state index contributed by atoms with van der Waals surface area (Å²) in [4.78, 5) is 37.1. The van der Waals surface area contributed by atoms with Crippen molar-refractivity contribution in [2.75, 3.05) is 25.1 Å². The van der Waals surface area contributed by atoms with Crippen LogP contribution < -0.4 is 25.4 Å². The van der Waals surface area contributed by atoms with Gasteiger partial charge in [0, 0.05) is 23.7 Å². The smallest absolute Gasteiger partial charge is 0.251 e. The van der Waals surface area contributed by atoms with Crippen molar-refractivity contribution < 1.29 is 23.9 Å². The molecule has 0 spiro atoms. The summed E-state index contributed by atoms with van der Waals surface area (Å²) < 4.78 is 11.1. The standard InChI is InChI=1S/C26H33N3O5/c1-3-33-22-13-12-20(15-23(22)34-4-2)25(31)28-17-24(30)27-16-18-8-7-11-21(14-18)29-26(32)19-9-5-6-10-19/h7-8,11-15,19H,3-6,9-10,16-17H2,1-2H3,(H,27,30)(H,28,31)(H,29,32). The molecule has 3 rings (SSSR count). The van der Waals surface area contributed by atoms with E-state index in [2.05, 4.69) is 16.0 Å². The van der Waals surface area contributed by atoms with Crippen LogP contribution in [-0.2, 0) is 16.1 Å². The summed E-state index contributed by atoms with van der Waals surface area (Å²) in [5.74, 6) is 0.511. The first-order valence-electron chi connectivity index (χ1n) is 11.8. The van der Waals surface area contributed by atoms with Crippen molar-refractivity contribution in [3.8, 4) is 11.5 Å². The molecule has 0 aliphatic heterocycles. The Balaban J connectivity index is 1.47. The summed E-state index contributed by atoms with van der Waals surface area (Å²) in [5.41, 5.74) is 1.96. The molecule has 3 N–H and O–H groups in total. The summed E-state index contributed by atoms with van der Waals surface area (Å²) in [5, 5.41) is 8.38. The van der Waals surface area contributed by atoms with E-state index in [1.54, 1.807) is 18.2 Å². The van der Waals surface area contributed by atoms with Crippen molar-refractivity contribution in [3.63, 3.8) is 0 Å². The molecule has 1 aliphatic carbocycles. The maximum absolute atomic E-state index is 12.5. The van der Waals surface area contributed by atoms with Crippen LogP contribution in [0.4, 0.5) is 5.69 Å². The van der Waals surface area contributed by atoms with E-state index in [0.29, 0.717) is 36.8 Å². The van der Waals surface area contributed by atoms with E-state index in [4.69, 9.17) is 9.47 Å². The van der Waals surface area contributed by atoms with Gasteiger partial charge < -0.3 is 25.4 Å². The maximum Gasteiger partial charge on any atom is 0.251 e. The molecule has 1 aliphatic rings. The third kappa shape index (κ3) is 7.23. The van der Waals surface area contributed by atoms with E-state index >= 15 is 0 Å². The predicted octanol–water partition coefficient (Wildman–Crippen LogP) is 3.66. The Morgan fingerprint density at radius 2 is 1.65 bits per heavy atom. The summed E-state index contributed by atoms with van der Waals surface area (Å²) >= 11 is 0. The molecule has 0 atom stereocenters. The number of anilines is 1. The molecular weight excluding hydrogens is 434 g/mol. The van der Waals surface area contributed by atoms with Crippen molar-refractivity contribution in [3.05, 3.63) is 53.6 Å². The molecule has 8 nitrogen and oxygen atoms in total. The van der Waals surface area contributed by atoms with Gasteiger partial charge in [0.1, 0.15) is 0 Å². The lowest BCUT2D eigenvalue weighted by Gasteiger charge is -2.13. The van der Waals surface area contributed by atoms with Crippen LogP contribution >= 0.6 is 0 Å². The van der Waals surface area contributed by atoms with Crippen LogP contribution in [0.2, 0.25) is 0 Å². The highest BCUT2D eigenvalue weighted by Crippen LogP contribution is 2.28. The van der Waals surface area contributed by atoms with Gasteiger partial charge in [-0.05, 0) is 62.6 Å². The monoisotopic (exact) mass is 467 g/mol. The first-order chi connectivity index (χ1) is 16.5. The van der Waals surface area contributed by atoms with Gasteiger partial charge in [-0.15, -0.1) is 0 Å². The van der Waals surface area contributed by atoms with Gasteiger partial charge in [-0.2, -0.15) is 0 Å². The second-order valence-corrected chi connectivity index (χ2v) is 8.16. The van der Waals surface area contributed by atoms with Crippen molar-refractivity contribution in [1.29, 1.82) is 0 Å². The number of hydrogen-bond donors (Lipinski definition) is 3. The average molecular weight is 468 g/mol. The average Bonchev–Trinajstić information content (AvgIpc) is 3.38. The fourth-order valence-electron chi connectivity index (χ4n) is 3.91. The number of ether oxygens (including phenoxy) is 2. The molecule has 3 amide bonds. The van der Waals surface area contributed by atoms with Crippen LogP contribution in [0.3, 0.4) is 0 Å². The van der Waals surface area contributed by atoms with Gasteiger partial charge in [0.2, 0.25) is 11.8 Å². The van der Waals surface area contributed by atoms with Gasteiger partial charge in [0.25, 0.3) is 5.91 Å². The summed E-state index contributed by atoms with van der Waals surface area (Å²) in [6, 6.07) is 12.3.